The highest BCUT2D eigenvalue weighted by Gasteiger charge is 2.38. The maximum absolute atomic E-state index is 9.49. The van der Waals surface area contributed by atoms with Crippen LogP contribution in [0.25, 0.3) is 0 Å². The summed E-state index contributed by atoms with van der Waals surface area (Å²) in [6.45, 7) is 1.97. The molecule has 1 heterocycles. The van der Waals surface area contributed by atoms with E-state index in [0.29, 0.717) is 0 Å². The molecule has 13 heavy (non-hydrogen) atoms. The molecule has 2 heteroatoms. The summed E-state index contributed by atoms with van der Waals surface area (Å²) < 4.78 is 0. The molecule has 0 radical (unpaired) electrons. The lowest BCUT2D eigenvalue weighted by molar-refractivity contribution is 0.212. The van der Waals surface area contributed by atoms with Crippen LogP contribution in [0.1, 0.15) is 24.0 Å². The first-order valence-corrected chi connectivity index (χ1v) is 4.36. The van der Waals surface area contributed by atoms with Gasteiger partial charge in [0.25, 0.3) is 0 Å². The predicted octanol–water partition coefficient (Wildman–Crippen LogP) is 1.27. The van der Waals surface area contributed by atoms with Gasteiger partial charge in [-0.25, -0.2) is 0 Å². The van der Waals surface area contributed by atoms with E-state index in [1.165, 1.54) is 0 Å². The van der Waals surface area contributed by atoms with Gasteiger partial charge in [-0.1, -0.05) is 11.8 Å². The van der Waals surface area contributed by atoms with Crippen molar-refractivity contribution in [3.05, 3.63) is 29.6 Å². The van der Waals surface area contributed by atoms with E-state index in [-0.39, 0.29) is 0 Å². The topological polar surface area (TPSA) is 33.1 Å². The monoisotopic (exact) mass is 173 g/mol. The van der Waals surface area contributed by atoms with Crippen molar-refractivity contribution in [3.63, 3.8) is 0 Å². The van der Waals surface area contributed by atoms with E-state index in [1.807, 2.05) is 13.0 Å². The highest BCUT2D eigenvalue weighted by atomic mass is 16.3. The van der Waals surface area contributed by atoms with Gasteiger partial charge >= 0.3 is 0 Å². The molecule has 1 aromatic heterocycles. The number of hydrogen-bond acceptors (Lipinski definition) is 2. The minimum atomic E-state index is -0.685. The molecule has 0 atom stereocenters. The molecule has 0 amide bonds. The van der Waals surface area contributed by atoms with Crippen molar-refractivity contribution in [2.75, 3.05) is 0 Å². The third kappa shape index (κ3) is 1.88. The number of nitrogens with zero attached hydrogens (tertiary/aromatic N) is 1. The van der Waals surface area contributed by atoms with Crippen molar-refractivity contribution in [1.82, 2.24) is 4.98 Å². The SMILES string of the molecule is Cc1cnccc1C#CC1(O)CC1. The van der Waals surface area contributed by atoms with Crippen molar-refractivity contribution in [1.29, 1.82) is 0 Å². The van der Waals surface area contributed by atoms with Gasteiger partial charge in [0.1, 0.15) is 5.60 Å². The van der Waals surface area contributed by atoms with Crippen molar-refractivity contribution in [2.24, 2.45) is 0 Å². The Hall–Kier alpha value is -1.33. The number of aryl methyl sites for hydroxylation is 1. The fourth-order valence-corrected chi connectivity index (χ4v) is 1.04. The van der Waals surface area contributed by atoms with Crippen molar-refractivity contribution in [3.8, 4) is 11.8 Å². The maximum Gasteiger partial charge on any atom is 0.126 e. The molecule has 1 N–H and O–H groups in total. The molecular weight excluding hydrogens is 162 g/mol. The molecule has 1 aliphatic rings. The van der Waals surface area contributed by atoms with Crippen LogP contribution in [0.4, 0.5) is 0 Å². The summed E-state index contributed by atoms with van der Waals surface area (Å²) in [6, 6.07) is 1.87. The first kappa shape index (κ1) is 8.28. The summed E-state index contributed by atoms with van der Waals surface area (Å²) in [7, 11) is 0. The molecule has 1 aromatic rings. The normalized spacial score (nSPS) is 17.4. The minimum absolute atomic E-state index is 0.685. The predicted molar refractivity (Wildman–Crippen MR) is 50.0 cm³/mol. The fraction of sp³-hybridized carbons (Fsp3) is 0.364. The van der Waals surface area contributed by atoms with Crippen LogP contribution < -0.4 is 0 Å². The average Bonchev–Trinajstić information content (AvgIpc) is 2.83. The summed E-state index contributed by atoms with van der Waals surface area (Å²) >= 11 is 0. The molecular formula is C11H11NO. The zero-order valence-corrected chi connectivity index (χ0v) is 7.54. The Morgan fingerprint density at radius 2 is 2.31 bits per heavy atom. The zero-order chi connectivity index (χ0) is 9.31. The zero-order valence-electron chi connectivity index (χ0n) is 7.54. The summed E-state index contributed by atoms with van der Waals surface area (Å²) in [5.41, 5.74) is 1.32. The van der Waals surface area contributed by atoms with Gasteiger partial charge in [-0.05, 0) is 31.4 Å². The summed E-state index contributed by atoms with van der Waals surface area (Å²) in [5.74, 6) is 5.84. The molecule has 0 unspecified atom stereocenters. The number of aliphatic hydroxyl groups is 1. The highest BCUT2D eigenvalue weighted by molar-refractivity contribution is 5.41. The number of rotatable bonds is 0. The molecule has 2 nitrogen and oxygen atoms in total. The Labute approximate surface area is 77.6 Å². The van der Waals surface area contributed by atoms with E-state index in [1.54, 1.807) is 12.4 Å². The van der Waals surface area contributed by atoms with Gasteiger partial charge < -0.3 is 5.11 Å². The van der Waals surface area contributed by atoms with Gasteiger partial charge in [0, 0.05) is 18.0 Å². The standard InChI is InChI=1S/C11H11NO/c1-9-8-12-7-3-10(9)2-4-11(13)5-6-11/h3,7-8,13H,5-6H2,1H3. The summed E-state index contributed by atoms with van der Waals surface area (Å²) in [6.07, 6.45) is 5.11. The Balaban J connectivity index is 2.25. The van der Waals surface area contributed by atoms with Crippen LogP contribution in [0.5, 0.6) is 0 Å². The van der Waals surface area contributed by atoms with Gasteiger partial charge in [0.2, 0.25) is 0 Å². The van der Waals surface area contributed by atoms with Crippen LogP contribution >= 0.6 is 0 Å². The smallest absolute Gasteiger partial charge is 0.126 e. The Bertz CT molecular complexity index is 383. The third-order valence-corrected chi connectivity index (χ3v) is 2.17. The van der Waals surface area contributed by atoms with E-state index in [0.717, 1.165) is 24.0 Å². The molecule has 1 fully saturated rings. The third-order valence-electron chi connectivity index (χ3n) is 2.17. The molecule has 66 valence electrons. The highest BCUT2D eigenvalue weighted by Crippen LogP contribution is 2.33. The lowest BCUT2D eigenvalue weighted by atomic mass is 10.1. The van der Waals surface area contributed by atoms with Gasteiger partial charge in [0.15, 0.2) is 0 Å². The van der Waals surface area contributed by atoms with Crippen LogP contribution in [-0.2, 0) is 0 Å². The molecule has 1 aliphatic carbocycles. The second-order valence-electron chi connectivity index (χ2n) is 3.47. The maximum atomic E-state index is 9.49. The van der Waals surface area contributed by atoms with Crippen molar-refractivity contribution in [2.45, 2.75) is 25.4 Å². The number of pyridine rings is 1. The van der Waals surface area contributed by atoms with Crippen LogP contribution in [0, 0.1) is 18.8 Å². The second-order valence-corrected chi connectivity index (χ2v) is 3.47. The molecule has 0 aliphatic heterocycles. The number of aromatic nitrogens is 1. The van der Waals surface area contributed by atoms with Crippen LogP contribution in [0.15, 0.2) is 18.5 Å². The Kier molecular flexibility index (Phi) is 1.82. The van der Waals surface area contributed by atoms with Gasteiger partial charge in [-0.3, -0.25) is 4.98 Å². The largest absolute Gasteiger partial charge is 0.378 e. The van der Waals surface area contributed by atoms with Gasteiger partial charge in [-0.15, -0.1) is 0 Å². The minimum Gasteiger partial charge on any atom is -0.378 e. The summed E-state index contributed by atoms with van der Waals surface area (Å²) in [4.78, 5) is 3.97. The van der Waals surface area contributed by atoms with Crippen LogP contribution in [-0.4, -0.2) is 15.7 Å². The first-order chi connectivity index (χ1) is 6.20. The lowest BCUT2D eigenvalue weighted by Crippen LogP contribution is -2.00. The molecule has 0 bridgehead atoms. The quantitative estimate of drug-likeness (QED) is 0.599. The van der Waals surface area contributed by atoms with Crippen molar-refractivity contribution < 1.29 is 5.11 Å². The summed E-state index contributed by atoms with van der Waals surface area (Å²) in [5, 5.41) is 9.49. The Morgan fingerprint density at radius 1 is 1.54 bits per heavy atom. The molecule has 0 spiro atoms. The first-order valence-electron chi connectivity index (χ1n) is 4.36. The molecule has 0 saturated heterocycles. The average molecular weight is 173 g/mol. The molecule has 0 aromatic carbocycles. The van der Waals surface area contributed by atoms with E-state index in [9.17, 15) is 5.11 Å². The van der Waals surface area contributed by atoms with E-state index in [2.05, 4.69) is 16.8 Å². The van der Waals surface area contributed by atoms with Crippen LogP contribution in [0.3, 0.4) is 0 Å². The fourth-order valence-electron chi connectivity index (χ4n) is 1.04. The van der Waals surface area contributed by atoms with E-state index in [4.69, 9.17) is 0 Å². The Morgan fingerprint density at radius 3 is 2.92 bits per heavy atom. The van der Waals surface area contributed by atoms with Gasteiger partial charge in [-0.2, -0.15) is 0 Å². The van der Waals surface area contributed by atoms with E-state index < -0.39 is 5.60 Å². The lowest BCUT2D eigenvalue weighted by Gasteiger charge is -1.96. The van der Waals surface area contributed by atoms with E-state index >= 15 is 0 Å². The van der Waals surface area contributed by atoms with Crippen molar-refractivity contribution >= 4 is 0 Å². The molecule has 2 rings (SSSR count). The van der Waals surface area contributed by atoms with Crippen LogP contribution in [0.2, 0.25) is 0 Å². The van der Waals surface area contributed by atoms with Gasteiger partial charge in [0.05, 0.1) is 0 Å². The molecule has 1 saturated carbocycles. The number of hydrogen-bond donors (Lipinski definition) is 1. The second kappa shape index (κ2) is 2.86.